The number of hydrogen-bond acceptors (Lipinski definition) is 9. The number of carbonyl (C=O) groups is 3. The van der Waals surface area contributed by atoms with E-state index in [1.165, 1.54) is 24.3 Å². The number of carbonyl (C=O) groups excluding carboxylic acids is 1. The van der Waals surface area contributed by atoms with Gasteiger partial charge in [0.2, 0.25) is 0 Å². The average molecular weight is 677 g/mol. The summed E-state index contributed by atoms with van der Waals surface area (Å²) in [6.45, 7) is 0.470. The monoisotopic (exact) mass is 676 g/mol. The van der Waals surface area contributed by atoms with Gasteiger partial charge in [-0.15, -0.1) is 0 Å². The summed E-state index contributed by atoms with van der Waals surface area (Å²) in [7, 11) is 0. The molecule has 0 aliphatic carbocycles. The number of anilines is 2. The van der Waals surface area contributed by atoms with Gasteiger partial charge in [-0.3, -0.25) is 15.1 Å². The quantitative estimate of drug-likeness (QED) is 0.0481. The molecule has 0 aliphatic heterocycles. The van der Waals surface area contributed by atoms with Gasteiger partial charge >= 0.3 is 11.9 Å². The number of terminal acetylenes is 1. The molecule has 12 heteroatoms. The van der Waals surface area contributed by atoms with Crippen molar-refractivity contribution in [1.29, 1.82) is 0 Å². The Morgan fingerprint density at radius 2 is 1.22 bits per heavy atom. The first kappa shape index (κ1) is 35.9. The van der Waals surface area contributed by atoms with Crippen LogP contribution in [-0.2, 0) is 11.4 Å². The van der Waals surface area contributed by atoms with Crippen molar-refractivity contribution in [2.45, 2.75) is 6.61 Å². The lowest BCUT2D eigenvalue weighted by Crippen LogP contribution is -2.16. The van der Waals surface area contributed by atoms with Gasteiger partial charge in [0.05, 0.1) is 22.4 Å². The summed E-state index contributed by atoms with van der Waals surface area (Å²) in [6.07, 6.45) is 7.09. The highest BCUT2D eigenvalue weighted by Crippen LogP contribution is 2.22. The number of hydrogen-bond donors (Lipinski definition) is 5. The van der Waals surface area contributed by atoms with Crippen LogP contribution in [0.3, 0.4) is 0 Å². The van der Waals surface area contributed by atoms with Gasteiger partial charge in [0.1, 0.15) is 48.9 Å². The fraction of sp³-hybridized carbons (Fsp3) is 0.0789. The minimum absolute atomic E-state index is 0.0604. The SMILES string of the molecule is C#COc1ccc(C(=O)O)c(C(=O)Nc2ccc(NOCc3cc(OCCOc4ccccc4)ccc3C(=O)O)cc2)c1.Oc1ccccc1. The third-order valence-corrected chi connectivity index (χ3v) is 6.63. The number of carboxylic acid groups (broad SMARTS) is 2. The maximum absolute atomic E-state index is 12.8. The number of carboxylic acids is 2. The van der Waals surface area contributed by atoms with Crippen molar-refractivity contribution in [3.63, 3.8) is 0 Å². The number of phenolic OH excluding ortho intramolecular Hbond substituents is 1. The normalized spacial score (nSPS) is 9.98. The minimum Gasteiger partial charge on any atom is -0.508 e. The summed E-state index contributed by atoms with van der Waals surface area (Å²) >= 11 is 0. The molecule has 5 aromatic rings. The number of aromatic hydroxyl groups is 1. The van der Waals surface area contributed by atoms with Gasteiger partial charge < -0.3 is 34.8 Å². The molecule has 0 heterocycles. The number of nitrogens with one attached hydrogen (secondary N) is 2. The molecule has 12 nitrogen and oxygen atoms in total. The molecule has 5 rings (SSSR count). The Hall–Kier alpha value is -6.97. The Bertz CT molecular complexity index is 1930. The molecule has 254 valence electrons. The molecular formula is C38H32N2O10. The molecule has 0 spiro atoms. The highest BCUT2D eigenvalue weighted by molar-refractivity contribution is 6.11. The van der Waals surface area contributed by atoms with E-state index in [4.69, 9.17) is 30.6 Å². The van der Waals surface area contributed by atoms with Crippen LogP contribution in [0.2, 0.25) is 0 Å². The summed E-state index contributed by atoms with van der Waals surface area (Å²) in [5.74, 6) is -1.42. The number of aromatic carboxylic acids is 2. The topological polar surface area (TPSA) is 173 Å². The molecule has 5 N–H and O–H groups in total. The first-order valence-electron chi connectivity index (χ1n) is 14.9. The zero-order valence-corrected chi connectivity index (χ0v) is 26.4. The Kier molecular flexibility index (Phi) is 13.2. The largest absolute Gasteiger partial charge is 0.508 e. The summed E-state index contributed by atoms with van der Waals surface area (Å²) in [5.41, 5.74) is 3.71. The van der Waals surface area contributed by atoms with Gasteiger partial charge in [0.15, 0.2) is 0 Å². The van der Waals surface area contributed by atoms with Crippen LogP contribution in [0.1, 0.15) is 36.6 Å². The lowest BCUT2D eigenvalue weighted by atomic mass is 10.1. The molecule has 0 aromatic heterocycles. The van der Waals surface area contributed by atoms with Crippen molar-refractivity contribution in [2.24, 2.45) is 0 Å². The van der Waals surface area contributed by atoms with Crippen LogP contribution in [0.25, 0.3) is 0 Å². The maximum atomic E-state index is 12.8. The standard InChI is InChI=1S/C32H26N2O9.C6H6O/c1-2-40-26-13-15-28(32(38)39)29(19-26)30(35)33-22-8-10-23(11-9-22)34-43-20-21-18-25(12-14-27(21)31(36)37)42-17-16-41-24-6-4-3-5-7-24;7-6-4-2-1-3-5-6/h1,3-15,18-19,34H,16-17,20H2,(H,33,35)(H,36,37)(H,38,39);1-5,7H. The Morgan fingerprint density at radius 3 is 1.82 bits per heavy atom. The van der Waals surface area contributed by atoms with Gasteiger partial charge in [-0.2, -0.15) is 0 Å². The number of benzene rings is 5. The average Bonchev–Trinajstić information content (AvgIpc) is 3.12. The first-order valence-corrected chi connectivity index (χ1v) is 14.9. The fourth-order valence-electron chi connectivity index (χ4n) is 4.30. The summed E-state index contributed by atoms with van der Waals surface area (Å²) < 4.78 is 16.2. The van der Waals surface area contributed by atoms with E-state index in [9.17, 15) is 24.6 Å². The second-order valence-corrected chi connectivity index (χ2v) is 10.1. The molecule has 0 fully saturated rings. The van der Waals surface area contributed by atoms with Crippen LogP contribution >= 0.6 is 0 Å². The third-order valence-electron chi connectivity index (χ3n) is 6.63. The highest BCUT2D eigenvalue weighted by atomic mass is 16.6. The van der Waals surface area contributed by atoms with Crippen molar-refractivity contribution in [3.05, 3.63) is 144 Å². The van der Waals surface area contributed by atoms with E-state index in [2.05, 4.69) is 10.8 Å². The first-order chi connectivity index (χ1) is 24.2. The van der Waals surface area contributed by atoms with E-state index in [-0.39, 0.29) is 35.7 Å². The van der Waals surface area contributed by atoms with Crippen molar-refractivity contribution >= 4 is 29.2 Å². The highest BCUT2D eigenvalue weighted by Gasteiger charge is 2.18. The second-order valence-electron chi connectivity index (χ2n) is 10.1. The Balaban J connectivity index is 0.000000714. The van der Waals surface area contributed by atoms with E-state index in [0.717, 1.165) is 5.75 Å². The van der Waals surface area contributed by atoms with Gasteiger partial charge in [-0.25, -0.2) is 9.59 Å². The Morgan fingerprint density at radius 1 is 0.640 bits per heavy atom. The van der Waals surface area contributed by atoms with Gasteiger partial charge in [0, 0.05) is 5.69 Å². The van der Waals surface area contributed by atoms with Crippen molar-refractivity contribution in [3.8, 4) is 35.5 Å². The predicted octanol–water partition coefficient (Wildman–Crippen LogP) is 6.70. The molecule has 0 aliphatic rings. The second kappa shape index (κ2) is 18.4. The minimum atomic E-state index is -1.28. The fourth-order valence-corrected chi connectivity index (χ4v) is 4.30. The van der Waals surface area contributed by atoms with Gasteiger partial charge in [-0.1, -0.05) is 42.8 Å². The summed E-state index contributed by atoms with van der Waals surface area (Å²) in [6, 6.07) is 32.8. The van der Waals surface area contributed by atoms with E-state index in [1.807, 2.05) is 42.5 Å². The lowest BCUT2D eigenvalue weighted by Gasteiger charge is -2.13. The molecule has 0 unspecified atom stereocenters. The van der Waals surface area contributed by atoms with E-state index >= 15 is 0 Å². The molecule has 50 heavy (non-hydrogen) atoms. The van der Waals surface area contributed by atoms with Crippen molar-refractivity contribution in [1.82, 2.24) is 0 Å². The van der Waals surface area contributed by atoms with Crippen LogP contribution in [0, 0.1) is 12.5 Å². The molecule has 0 saturated heterocycles. The van der Waals surface area contributed by atoms with E-state index in [0.29, 0.717) is 35.0 Å². The Labute approximate surface area is 287 Å². The summed E-state index contributed by atoms with van der Waals surface area (Å²) in [5, 5.41) is 30.2. The van der Waals surface area contributed by atoms with Gasteiger partial charge in [-0.05, 0) is 90.5 Å². The summed E-state index contributed by atoms with van der Waals surface area (Å²) in [4.78, 5) is 41.6. The van der Waals surface area contributed by atoms with Crippen molar-refractivity contribution < 1.29 is 48.8 Å². The van der Waals surface area contributed by atoms with Crippen LogP contribution in [-0.4, -0.2) is 46.4 Å². The molecule has 0 radical (unpaired) electrons. The molecule has 1 amide bonds. The van der Waals surface area contributed by atoms with Crippen LogP contribution in [0.5, 0.6) is 23.0 Å². The number of phenols is 1. The van der Waals surface area contributed by atoms with Crippen LogP contribution in [0.15, 0.2) is 121 Å². The number of amides is 1. The molecular weight excluding hydrogens is 644 g/mol. The molecule has 5 aromatic carbocycles. The van der Waals surface area contributed by atoms with Crippen LogP contribution < -0.4 is 25.0 Å². The maximum Gasteiger partial charge on any atom is 0.336 e. The molecule has 0 atom stereocenters. The zero-order valence-electron chi connectivity index (χ0n) is 26.4. The van der Waals surface area contributed by atoms with Crippen molar-refractivity contribution in [2.75, 3.05) is 24.0 Å². The predicted molar refractivity (Wildman–Crippen MR) is 185 cm³/mol. The van der Waals surface area contributed by atoms with Crippen LogP contribution in [0.4, 0.5) is 11.4 Å². The zero-order chi connectivity index (χ0) is 35.7. The molecule has 0 bridgehead atoms. The lowest BCUT2D eigenvalue weighted by molar-refractivity contribution is 0.0682. The number of para-hydroxylation sites is 2. The number of ether oxygens (including phenoxy) is 3. The van der Waals surface area contributed by atoms with Gasteiger partial charge in [0.25, 0.3) is 5.91 Å². The number of rotatable bonds is 14. The smallest absolute Gasteiger partial charge is 0.336 e. The third kappa shape index (κ3) is 11.1. The van der Waals surface area contributed by atoms with E-state index < -0.39 is 17.8 Å². The molecule has 0 saturated carbocycles. The van der Waals surface area contributed by atoms with E-state index in [1.54, 1.807) is 60.7 Å².